The zero-order valence-electron chi connectivity index (χ0n) is 9.53. The number of hydrogen-bond donors (Lipinski definition) is 2. The standard InChI is InChI=1S/C12H17BrN2O/c1-3-11(12(14)16)15-8(2)9-5-4-6-10(13)7-9/h4-8,11,15H,3H2,1-2H3,(H2,14,16)/t8-,11?/m0/s1. The Balaban J connectivity index is 2.71. The first-order chi connectivity index (χ1) is 7.54. The molecule has 1 amide bonds. The minimum atomic E-state index is -0.302. The number of amides is 1. The molecule has 0 spiro atoms. The van der Waals surface area contributed by atoms with Crippen LogP contribution >= 0.6 is 15.9 Å². The zero-order chi connectivity index (χ0) is 12.1. The van der Waals surface area contributed by atoms with Gasteiger partial charge >= 0.3 is 0 Å². The first-order valence-electron chi connectivity index (χ1n) is 5.35. The lowest BCUT2D eigenvalue weighted by molar-refractivity contribution is -0.120. The Bertz CT molecular complexity index is 368. The van der Waals surface area contributed by atoms with E-state index in [2.05, 4.69) is 21.2 Å². The maximum absolute atomic E-state index is 11.1. The van der Waals surface area contributed by atoms with E-state index in [4.69, 9.17) is 5.73 Å². The number of nitrogens with one attached hydrogen (secondary N) is 1. The largest absolute Gasteiger partial charge is 0.368 e. The molecule has 1 rings (SSSR count). The summed E-state index contributed by atoms with van der Waals surface area (Å²) in [5.74, 6) is -0.302. The molecule has 2 atom stereocenters. The lowest BCUT2D eigenvalue weighted by Gasteiger charge is -2.20. The van der Waals surface area contributed by atoms with Gasteiger partial charge in [0.15, 0.2) is 0 Å². The Labute approximate surface area is 105 Å². The number of carbonyl (C=O) groups is 1. The number of benzene rings is 1. The third-order valence-corrected chi connectivity index (χ3v) is 3.04. The number of nitrogens with two attached hydrogens (primary N) is 1. The van der Waals surface area contributed by atoms with Crippen molar-refractivity contribution in [3.8, 4) is 0 Å². The van der Waals surface area contributed by atoms with Gasteiger partial charge in [-0.1, -0.05) is 35.0 Å². The molecule has 0 heterocycles. The number of primary amides is 1. The normalized spacial score (nSPS) is 14.4. The van der Waals surface area contributed by atoms with Gasteiger partial charge in [-0.2, -0.15) is 0 Å². The van der Waals surface area contributed by atoms with Gasteiger partial charge in [0, 0.05) is 10.5 Å². The topological polar surface area (TPSA) is 55.1 Å². The summed E-state index contributed by atoms with van der Waals surface area (Å²) >= 11 is 3.42. The maximum Gasteiger partial charge on any atom is 0.234 e. The zero-order valence-corrected chi connectivity index (χ0v) is 11.1. The van der Waals surface area contributed by atoms with Gasteiger partial charge < -0.3 is 5.73 Å². The second kappa shape index (κ2) is 6.01. The fourth-order valence-electron chi connectivity index (χ4n) is 1.58. The molecule has 1 aromatic rings. The van der Waals surface area contributed by atoms with Gasteiger partial charge in [0.2, 0.25) is 5.91 Å². The quantitative estimate of drug-likeness (QED) is 0.872. The fourth-order valence-corrected chi connectivity index (χ4v) is 1.99. The van der Waals surface area contributed by atoms with Crippen molar-refractivity contribution >= 4 is 21.8 Å². The summed E-state index contributed by atoms with van der Waals surface area (Å²) in [4.78, 5) is 11.1. The molecule has 0 aliphatic heterocycles. The van der Waals surface area contributed by atoms with Crippen molar-refractivity contribution in [2.75, 3.05) is 0 Å². The van der Waals surface area contributed by atoms with Crippen molar-refractivity contribution in [1.29, 1.82) is 0 Å². The highest BCUT2D eigenvalue weighted by Crippen LogP contribution is 2.18. The summed E-state index contributed by atoms with van der Waals surface area (Å²) in [5.41, 5.74) is 6.43. The molecule has 4 heteroatoms. The van der Waals surface area contributed by atoms with Crippen LogP contribution in [0.1, 0.15) is 31.9 Å². The highest BCUT2D eigenvalue weighted by atomic mass is 79.9. The summed E-state index contributed by atoms with van der Waals surface area (Å²) in [6.07, 6.45) is 0.702. The monoisotopic (exact) mass is 284 g/mol. The van der Waals surface area contributed by atoms with E-state index < -0.39 is 0 Å². The molecular formula is C12H17BrN2O. The van der Waals surface area contributed by atoms with Gasteiger partial charge in [-0.15, -0.1) is 0 Å². The van der Waals surface area contributed by atoms with Crippen LogP contribution in [0, 0.1) is 0 Å². The molecular weight excluding hydrogens is 268 g/mol. The minimum absolute atomic E-state index is 0.106. The van der Waals surface area contributed by atoms with Crippen molar-refractivity contribution in [3.05, 3.63) is 34.3 Å². The maximum atomic E-state index is 11.1. The SMILES string of the molecule is CCC(N[C@@H](C)c1cccc(Br)c1)C(N)=O. The van der Waals surface area contributed by atoms with Crippen LogP contribution in [0.2, 0.25) is 0 Å². The van der Waals surface area contributed by atoms with E-state index in [1.54, 1.807) is 0 Å². The van der Waals surface area contributed by atoms with Crippen molar-refractivity contribution in [2.24, 2.45) is 5.73 Å². The number of rotatable bonds is 5. The first kappa shape index (κ1) is 13.2. The molecule has 3 nitrogen and oxygen atoms in total. The van der Waals surface area contributed by atoms with Crippen molar-refractivity contribution in [2.45, 2.75) is 32.4 Å². The number of halogens is 1. The minimum Gasteiger partial charge on any atom is -0.368 e. The van der Waals surface area contributed by atoms with Gasteiger partial charge in [0.25, 0.3) is 0 Å². The molecule has 0 bridgehead atoms. The van der Waals surface area contributed by atoms with Gasteiger partial charge in [-0.25, -0.2) is 0 Å². The molecule has 0 saturated carbocycles. The van der Waals surface area contributed by atoms with Crippen LogP contribution in [0.5, 0.6) is 0 Å². The van der Waals surface area contributed by atoms with Crippen molar-refractivity contribution < 1.29 is 4.79 Å². The average Bonchev–Trinajstić information content (AvgIpc) is 2.25. The lowest BCUT2D eigenvalue weighted by atomic mass is 10.1. The smallest absolute Gasteiger partial charge is 0.234 e. The van der Waals surface area contributed by atoms with Crippen LogP contribution in [0.25, 0.3) is 0 Å². The summed E-state index contributed by atoms with van der Waals surface area (Å²) in [6.45, 7) is 3.96. The summed E-state index contributed by atoms with van der Waals surface area (Å²) in [7, 11) is 0. The molecule has 88 valence electrons. The summed E-state index contributed by atoms with van der Waals surface area (Å²) in [6, 6.07) is 7.84. The van der Waals surface area contributed by atoms with E-state index in [0.717, 1.165) is 10.0 Å². The molecule has 1 unspecified atom stereocenters. The predicted octanol–water partition coefficient (Wildman–Crippen LogP) is 2.36. The lowest BCUT2D eigenvalue weighted by Crippen LogP contribution is -2.41. The van der Waals surface area contributed by atoms with Crippen LogP contribution in [0.3, 0.4) is 0 Å². The second-order valence-electron chi connectivity index (χ2n) is 3.81. The summed E-state index contributed by atoms with van der Waals surface area (Å²) < 4.78 is 1.03. The Morgan fingerprint density at radius 2 is 2.25 bits per heavy atom. The van der Waals surface area contributed by atoms with Crippen LogP contribution in [0.15, 0.2) is 28.7 Å². The molecule has 0 radical (unpaired) electrons. The first-order valence-corrected chi connectivity index (χ1v) is 6.14. The van der Waals surface area contributed by atoms with Gasteiger partial charge in [0.1, 0.15) is 0 Å². The predicted molar refractivity (Wildman–Crippen MR) is 69.0 cm³/mol. The number of hydrogen-bond acceptors (Lipinski definition) is 2. The highest BCUT2D eigenvalue weighted by Gasteiger charge is 2.16. The van der Waals surface area contributed by atoms with Crippen molar-refractivity contribution in [3.63, 3.8) is 0 Å². The molecule has 0 aliphatic carbocycles. The molecule has 0 fully saturated rings. The molecule has 0 saturated heterocycles. The summed E-state index contributed by atoms with van der Waals surface area (Å²) in [5, 5.41) is 3.21. The second-order valence-corrected chi connectivity index (χ2v) is 4.72. The fraction of sp³-hybridized carbons (Fsp3) is 0.417. The van der Waals surface area contributed by atoms with Crippen LogP contribution in [-0.2, 0) is 4.79 Å². The third kappa shape index (κ3) is 3.61. The van der Waals surface area contributed by atoms with Crippen LogP contribution in [-0.4, -0.2) is 11.9 Å². The van der Waals surface area contributed by atoms with Gasteiger partial charge in [-0.05, 0) is 31.0 Å². The molecule has 3 N–H and O–H groups in total. The molecule has 0 aromatic heterocycles. The van der Waals surface area contributed by atoms with Crippen LogP contribution < -0.4 is 11.1 Å². The average molecular weight is 285 g/mol. The van der Waals surface area contributed by atoms with E-state index in [9.17, 15) is 4.79 Å². The van der Waals surface area contributed by atoms with Gasteiger partial charge in [-0.3, -0.25) is 10.1 Å². The third-order valence-electron chi connectivity index (χ3n) is 2.55. The Morgan fingerprint density at radius 1 is 1.56 bits per heavy atom. The van der Waals surface area contributed by atoms with E-state index >= 15 is 0 Å². The molecule has 16 heavy (non-hydrogen) atoms. The Kier molecular flexibility index (Phi) is 4.96. The molecule has 0 aliphatic rings. The van der Waals surface area contributed by atoms with E-state index in [1.807, 2.05) is 38.1 Å². The highest BCUT2D eigenvalue weighted by molar-refractivity contribution is 9.10. The van der Waals surface area contributed by atoms with E-state index in [1.165, 1.54) is 0 Å². The van der Waals surface area contributed by atoms with E-state index in [0.29, 0.717) is 6.42 Å². The van der Waals surface area contributed by atoms with E-state index in [-0.39, 0.29) is 18.0 Å². The Morgan fingerprint density at radius 3 is 2.75 bits per heavy atom. The molecule has 1 aromatic carbocycles. The Hall–Kier alpha value is -0.870. The number of carbonyl (C=O) groups excluding carboxylic acids is 1. The van der Waals surface area contributed by atoms with Gasteiger partial charge in [0.05, 0.1) is 6.04 Å². The van der Waals surface area contributed by atoms with Crippen LogP contribution in [0.4, 0.5) is 0 Å². The van der Waals surface area contributed by atoms with Crippen molar-refractivity contribution in [1.82, 2.24) is 5.32 Å².